The van der Waals surface area contributed by atoms with Gasteiger partial charge < -0.3 is 10.6 Å². The SMILES string of the molecule is C=CCNC(=O)C(=O)C(CCC(F)(F)F)NC=O. The number of carbonyl (C=O) groups is 3. The van der Waals surface area contributed by atoms with E-state index in [9.17, 15) is 27.6 Å². The van der Waals surface area contributed by atoms with E-state index in [1.54, 1.807) is 0 Å². The number of nitrogens with one attached hydrogen (secondary N) is 2. The van der Waals surface area contributed by atoms with Gasteiger partial charge in [0.2, 0.25) is 12.2 Å². The lowest BCUT2D eigenvalue weighted by molar-refractivity contribution is -0.144. The normalized spacial score (nSPS) is 12.4. The van der Waals surface area contributed by atoms with Crippen LogP contribution in [0.5, 0.6) is 0 Å². The van der Waals surface area contributed by atoms with Crippen LogP contribution in [0.3, 0.4) is 0 Å². The summed E-state index contributed by atoms with van der Waals surface area (Å²) < 4.78 is 35.9. The standard InChI is InChI=1S/C10H13F3N2O3/c1-2-5-14-9(18)8(17)7(15-6-16)3-4-10(11,12)13/h2,6-7H,1,3-5H2,(H,14,18)(H,15,16). The van der Waals surface area contributed by atoms with Gasteiger partial charge in [-0.3, -0.25) is 14.4 Å². The molecule has 18 heavy (non-hydrogen) atoms. The van der Waals surface area contributed by atoms with Gasteiger partial charge in [0.15, 0.2) is 0 Å². The van der Waals surface area contributed by atoms with Crippen LogP contribution in [0.25, 0.3) is 0 Å². The molecule has 2 amide bonds. The molecule has 0 aromatic heterocycles. The fraction of sp³-hybridized carbons (Fsp3) is 0.500. The van der Waals surface area contributed by atoms with Crippen molar-refractivity contribution in [3.63, 3.8) is 0 Å². The molecule has 0 fully saturated rings. The van der Waals surface area contributed by atoms with Crippen LogP contribution in [-0.2, 0) is 14.4 Å². The maximum atomic E-state index is 12.0. The van der Waals surface area contributed by atoms with Crippen molar-refractivity contribution < 1.29 is 27.6 Å². The molecule has 0 saturated heterocycles. The lowest BCUT2D eigenvalue weighted by atomic mass is 10.1. The molecule has 0 aliphatic rings. The van der Waals surface area contributed by atoms with E-state index in [4.69, 9.17) is 0 Å². The third-order valence-electron chi connectivity index (χ3n) is 1.93. The monoisotopic (exact) mass is 266 g/mol. The van der Waals surface area contributed by atoms with Crippen molar-refractivity contribution in [1.82, 2.24) is 10.6 Å². The summed E-state index contributed by atoms with van der Waals surface area (Å²) in [7, 11) is 0. The van der Waals surface area contributed by atoms with Gasteiger partial charge in [-0.2, -0.15) is 13.2 Å². The van der Waals surface area contributed by atoms with Gasteiger partial charge in [-0.15, -0.1) is 6.58 Å². The summed E-state index contributed by atoms with van der Waals surface area (Å²) in [6.45, 7) is 3.31. The lowest BCUT2D eigenvalue weighted by Crippen LogP contribution is -2.45. The molecule has 5 nitrogen and oxygen atoms in total. The molecule has 0 bridgehead atoms. The minimum atomic E-state index is -4.46. The van der Waals surface area contributed by atoms with Crippen molar-refractivity contribution in [2.45, 2.75) is 25.1 Å². The predicted octanol–water partition coefficient (Wildman–Crippen LogP) is 0.315. The maximum Gasteiger partial charge on any atom is 0.389 e. The fourth-order valence-electron chi connectivity index (χ4n) is 1.09. The van der Waals surface area contributed by atoms with Gasteiger partial charge in [0.25, 0.3) is 5.91 Å². The zero-order valence-electron chi connectivity index (χ0n) is 9.42. The quantitative estimate of drug-likeness (QED) is 0.377. The Morgan fingerprint density at radius 2 is 1.94 bits per heavy atom. The van der Waals surface area contributed by atoms with Gasteiger partial charge in [0.1, 0.15) is 0 Å². The molecular weight excluding hydrogens is 253 g/mol. The molecule has 1 atom stereocenters. The van der Waals surface area contributed by atoms with Crippen molar-refractivity contribution in [3.8, 4) is 0 Å². The molecule has 0 aromatic rings. The first-order valence-corrected chi connectivity index (χ1v) is 5.01. The molecule has 0 aliphatic carbocycles. The Balaban J connectivity index is 4.48. The summed E-state index contributed by atoms with van der Waals surface area (Å²) in [5, 5.41) is 4.02. The first kappa shape index (κ1) is 16.1. The van der Waals surface area contributed by atoms with Crippen molar-refractivity contribution in [2.75, 3.05) is 6.54 Å². The molecule has 0 rings (SSSR count). The van der Waals surface area contributed by atoms with E-state index in [2.05, 4.69) is 11.9 Å². The number of hydrogen-bond acceptors (Lipinski definition) is 3. The Morgan fingerprint density at radius 3 is 2.39 bits per heavy atom. The molecule has 8 heteroatoms. The Kier molecular flexibility index (Phi) is 6.69. The third-order valence-corrected chi connectivity index (χ3v) is 1.93. The van der Waals surface area contributed by atoms with Gasteiger partial charge >= 0.3 is 6.18 Å². The molecule has 0 aliphatic heterocycles. The molecule has 0 heterocycles. The van der Waals surface area contributed by atoms with Gasteiger partial charge in [0.05, 0.1) is 6.04 Å². The van der Waals surface area contributed by atoms with E-state index in [1.807, 2.05) is 5.32 Å². The van der Waals surface area contributed by atoms with Crippen LogP contribution >= 0.6 is 0 Å². The van der Waals surface area contributed by atoms with E-state index in [1.165, 1.54) is 6.08 Å². The summed E-state index contributed by atoms with van der Waals surface area (Å²) in [5.74, 6) is -2.18. The maximum absolute atomic E-state index is 12.0. The number of hydrogen-bond donors (Lipinski definition) is 2. The molecule has 0 spiro atoms. The first-order chi connectivity index (χ1) is 8.31. The summed E-state index contributed by atoms with van der Waals surface area (Å²) in [5.41, 5.74) is 0. The smallest absolute Gasteiger partial charge is 0.348 e. The van der Waals surface area contributed by atoms with E-state index in [0.29, 0.717) is 0 Å². The molecular formula is C10H13F3N2O3. The topological polar surface area (TPSA) is 75.3 Å². The number of halogens is 3. The summed E-state index contributed by atoms with van der Waals surface area (Å²) in [4.78, 5) is 32.8. The Hall–Kier alpha value is -1.86. The Morgan fingerprint density at radius 1 is 1.33 bits per heavy atom. The average molecular weight is 266 g/mol. The second kappa shape index (κ2) is 7.46. The number of alkyl halides is 3. The van der Waals surface area contributed by atoms with Crippen LogP contribution in [-0.4, -0.2) is 36.9 Å². The highest BCUT2D eigenvalue weighted by Gasteiger charge is 2.32. The second-order valence-electron chi connectivity index (χ2n) is 3.35. The van der Waals surface area contributed by atoms with E-state index >= 15 is 0 Å². The van der Waals surface area contributed by atoms with Crippen LogP contribution in [0, 0.1) is 0 Å². The summed E-state index contributed by atoms with van der Waals surface area (Å²) in [6.07, 6.45) is -5.01. The predicted molar refractivity (Wildman–Crippen MR) is 56.5 cm³/mol. The zero-order chi connectivity index (χ0) is 14.2. The molecule has 0 saturated carbocycles. The summed E-state index contributed by atoms with van der Waals surface area (Å²) in [6, 6.07) is -1.48. The van der Waals surface area contributed by atoms with Crippen LogP contribution in [0.4, 0.5) is 13.2 Å². The number of ketones is 1. The third kappa shape index (κ3) is 6.66. The molecule has 0 aromatic carbocycles. The number of Topliss-reactive ketones (excluding diaryl/α,β-unsaturated/α-hetero) is 1. The van der Waals surface area contributed by atoms with Crippen LogP contribution in [0.1, 0.15) is 12.8 Å². The lowest BCUT2D eigenvalue weighted by Gasteiger charge is -2.15. The van der Waals surface area contributed by atoms with Crippen molar-refractivity contribution in [2.24, 2.45) is 0 Å². The minimum Gasteiger partial charge on any atom is -0.348 e. The zero-order valence-corrected chi connectivity index (χ0v) is 9.42. The minimum absolute atomic E-state index is 0.0116. The molecule has 1 unspecified atom stereocenters. The van der Waals surface area contributed by atoms with Crippen molar-refractivity contribution in [3.05, 3.63) is 12.7 Å². The van der Waals surface area contributed by atoms with E-state index in [0.717, 1.165) is 0 Å². The number of rotatable bonds is 8. The van der Waals surface area contributed by atoms with Gasteiger partial charge in [-0.1, -0.05) is 6.08 Å². The fourth-order valence-corrected chi connectivity index (χ4v) is 1.09. The van der Waals surface area contributed by atoms with Crippen molar-refractivity contribution in [1.29, 1.82) is 0 Å². The number of carbonyl (C=O) groups excluding carboxylic acids is 3. The first-order valence-electron chi connectivity index (χ1n) is 5.01. The Labute approximate surface area is 101 Å². The number of amides is 2. The Bertz CT molecular complexity index is 329. The molecule has 2 N–H and O–H groups in total. The molecule has 102 valence electrons. The average Bonchev–Trinajstić information content (AvgIpc) is 2.29. The largest absolute Gasteiger partial charge is 0.389 e. The van der Waals surface area contributed by atoms with E-state index < -0.39 is 36.8 Å². The van der Waals surface area contributed by atoms with Crippen LogP contribution in [0.15, 0.2) is 12.7 Å². The second-order valence-corrected chi connectivity index (χ2v) is 3.35. The highest BCUT2D eigenvalue weighted by Crippen LogP contribution is 2.22. The summed E-state index contributed by atoms with van der Waals surface area (Å²) >= 11 is 0. The van der Waals surface area contributed by atoms with E-state index in [-0.39, 0.29) is 13.0 Å². The highest BCUT2D eigenvalue weighted by molar-refractivity contribution is 6.38. The van der Waals surface area contributed by atoms with Crippen molar-refractivity contribution >= 4 is 18.1 Å². The molecule has 0 radical (unpaired) electrons. The van der Waals surface area contributed by atoms with Crippen LogP contribution in [0.2, 0.25) is 0 Å². The highest BCUT2D eigenvalue weighted by atomic mass is 19.4. The van der Waals surface area contributed by atoms with Crippen LogP contribution < -0.4 is 10.6 Å². The van der Waals surface area contributed by atoms with Gasteiger partial charge in [-0.25, -0.2) is 0 Å². The van der Waals surface area contributed by atoms with Gasteiger partial charge in [0, 0.05) is 13.0 Å². The van der Waals surface area contributed by atoms with Gasteiger partial charge in [-0.05, 0) is 6.42 Å².